The zero-order valence-corrected chi connectivity index (χ0v) is 14.6. The zero-order valence-electron chi connectivity index (χ0n) is 14.6. The van der Waals surface area contributed by atoms with Gasteiger partial charge in [-0.15, -0.1) is 0 Å². The van der Waals surface area contributed by atoms with Gasteiger partial charge in [-0.25, -0.2) is 0 Å². The molecule has 0 radical (unpaired) electrons. The fourth-order valence-electron chi connectivity index (χ4n) is 2.99. The van der Waals surface area contributed by atoms with Crippen molar-refractivity contribution in [1.29, 1.82) is 0 Å². The van der Waals surface area contributed by atoms with Gasteiger partial charge in [0.1, 0.15) is 0 Å². The van der Waals surface area contributed by atoms with Crippen LogP contribution < -0.4 is 0 Å². The maximum absolute atomic E-state index is 12.4. The lowest BCUT2D eigenvalue weighted by Gasteiger charge is -2.22. The number of carbonyl (C=O) groups is 2. The molecular weight excluding hydrogens is 276 g/mol. The molecule has 1 rings (SSSR count). The van der Waals surface area contributed by atoms with Crippen LogP contribution in [0, 0.1) is 0 Å². The summed E-state index contributed by atoms with van der Waals surface area (Å²) in [5, 5.41) is 0. The minimum atomic E-state index is 0.0424. The Balaban J connectivity index is 2.52. The lowest BCUT2D eigenvalue weighted by molar-refractivity contribution is -0.145. The molecule has 1 heterocycles. The molecule has 1 aliphatic heterocycles. The van der Waals surface area contributed by atoms with Gasteiger partial charge in [0.2, 0.25) is 11.8 Å². The smallest absolute Gasteiger partial charge is 0.229 e. The summed E-state index contributed by atoms with van der Waals surface area (Å²) in [5.74, 6) is 0.0848. The summed E-state index contributed by atoms with van der Waals surface area (Å²) in [6.07, 6.45) is 12.4. The van der Waals surface area contributed by atoms with Crippen LogP contribution in [0.3, 0.4) is 0 Å². The first-order valence-electron chi connectivity index (χ1n) is 9.09. The van der Waals surface area contributed by atoms with Gasteiger partial charge in [-0.3, -0.25) is 14.5 Å². The molecule has 0 spiro atoms. The third-order valence-electron chi connectivity index (χ3n) is 4.37. The molecule has 0 aromatic heterocycles. The van der Waals surface area contributed by atoms with Crippen molar-refractivity contribution in [3.63, 3.8) is 0 Å². The molecule has 0 saturated carbocycles. The predicted octanol–water partition coefficient (Wildman–Crippen LogP) is 3.60. The standard InChI is InChI=1S/C18H34N2O2/c1-19(2)15-12-16-20-17(21)13-10-8-6-4-3-5-7-9-11-14-18(20)22/h3-16H2,1-2H3. The average molecular weight is 310 g/mol. The van der Waals surface area contributed by atoms with Crippen molar-refractivity contribution in [2.24, 2.45) is 0 Å². The number of carbonyl (C=O) groups excluding carboxylic acids is 2. The first kappa shape index (κ1) is 19.1. The highest BCUT2D eigenvalue weighted by atomic mass is 16.2. The van der Waals surface area contributed by atoms with Crippen molar-refractivity contribution in [2.45, 2.75) is 77.0 Å². The average Bonchev–Trinajstić information content (AvgIpc) is 2.47. The fourth-order valence-corrected chi connectivity index (χ4v) is 2.99. The van der Waals surface area contributed by atoms with Gasteiger partial charge in [0, 0.05) is 19.4 Å². The molecule has 0 N–H and O–H groups in total. The van der Waals surface area contributed by atoms with E-state index in [0.717, 1.165) is 38.6 Å². The number of hydrogen-bond acceptors (Lipinski definition) is 3. The van der Waals surface area contributed by atoms with Gasteiger partial charge in [-0.2, -0.15) is 0 Å². The first-order chi connectivity index (χ1) is 10.6. The topological polar surface area (TPSA) is 40.6 Å². The molecule has 1 aliphatic rings. The number of hydrogen-bond donors (Lipinski definition) is 0. The van der Waals surface area contributed by atoms with Crippen LogP contribution in [0.5, 0.6) is 0 Å². The van der Waals surface area contributed by atoms with Gasteiger partial charge in [0.05, 0.1) is 0 Å². The van der Waals surface area contributed by atoms with Crippen LogP contribution in [0.1, 0.15) is 77.0 Å². The molecule has 0 aromatic rings. The van der Waals surface area contributed by atoms with Crippen LogP contribution in [0.2, 0.25) is 0 Å². The fraction of sp³-hybridized carbons (Fsp3) is 0.889. The Morgan fingerprint density at radius 3 is 1.59 bits per heavy atom. The number of amides is 2. The summed E-state index contributed by atoms with van der Waals surface area (Å²) >= 11 is 0. The summed E-state index contributed by atoms with van der Waals surface area (Å²) in [7, 11) is 4.04. The quantitative estimate of drug-likeness (QED) is 0.745. The molecule has 0 atom stereocenters. The van der Waals surface area contributed by atoms with E-state index in [4.69, 9.17) is 0 Å². The van der Waals surface area contributed by atoms with Crippen LogP contribution in [0.4, 0.5) is 0 Å². The van der Waals surface area contributed by atoms with Gasteiger partial charge < -0.3 is 4.90 Å². The molecule has 22 heavy (non-hydrogen) atoms. The third kappa shape index (κ3) is 8.52. The van der Waals surface area contributed by atoms with Crippen LogP contribution in [0.15, 0.2) is 0 Å². The van der Waals surface area contributed by atoms with Crippen molar-refractivity contribution < 1.29 is 9.59 Å². The second-order valence-electron chi connectivity index (χ2n) is 6.78. The van der Waals surface area contributed by atoms with Crippen molar-refractivity contribution in [2.75, 3.05) is 27.2 Å². The van der Waals surface area contributed by atoms with Crippen molar-refractivity contribution in [1.82, 2.24) is 9.80 Å². The summed E-state index contributed by atoms with van der Waals surface area (Å²) in [4.78, 5) is 28.4. The van der Waals surface area contributed by atoms with E-state index in [-0.39, 0.29) is 11.8 Å². The van der Waals surface area contributed by atoms with Crippen molar-refractivity contribution in [3.8, 4) is 0 Å². The highest BCUT2D eigenvalue weighted by Gasteiger charge is 2.20. The number of nitrogens with zero attached hydrogens (tertiary/aromatic N) is 2. The Bertz CT molecular complexity index is 305. The Kier molecular flexibility index (Phi) is 10.1. The van der Waals surface area contributed by atoms with Crippen LogP contribution in [0.25, 0.3) is 0 Å². The largest absolute Gasteiger partial charge is 0.309 e. The van der Waals surface area contributed by atoms with Crippen molar-refractivity contribution >= 4 is 11.8 Å². The number of imide groups is 1. The van der Waals surface area contributed by atoms with E-state index < -0.39 is 0 Å². The molecule has 0 unspecified atom stereocenters. The Hall–Kier alpha value is -0.900. The molecule has 4 nitrogen and oxygen atoms in total. The molecule has 1 fully saturated rings. The van der Waals surface area contributed by atoms with Crippen molar-refractivity contribution in [3.05, 3.63) is 0 Å². The van der Waals surface area contributed by atoms with Gasteiger partial charge in [-0.05, 0) is 39.9 Å². The monoisotopic (exact) mass is 310 g/mol. The van der Waals surface area contributed by atoms with Gasteiger partial charge in [0.15, 0.2) is 0 Å². The highest BCUT2D eigenvalue weighted by Crippen LogP contribution is 2.14. The summed E-state index contributed by atoms with van der Waals surface area (Å²) in [6.45, 7) is 1.49. The third-order valence-corrected chi connectivity index (χ3v) is 4.37. The maximum atomic E-state index is 12.4. The van der Waals surface area contributed by atoms with Crippen LogP contribution in [-0.4, -0.2) is 48.8 Å². The van der Waals surface area contributed by atoms with E-state index in [1.54, 1.807) is 0 Å². The summed E-state index contributed by atoms with van der Waals surface area (Å²) in [6, 6.07) is 0. The minimum Gasteiger partial charge on any atom is -0.309 e. The molecule has 4 heteroatoms. The Morgan fingerprint density at radius 2 is 1.18 bits per heavy atom. The SMILES string of the molecule is CN(C)CCCN1C(=O)CCCCCCCCCCCC1=O. The maximum Gasteiger partial charge on any atom is 0.229 e. The Morgan fingerprint density at radius 1 is 0.773 bits per heavy atom. The van der Waals surface area contributed by atoms with E-state index >= 15 is 0 Å². The normalized spacial score (nSPS) is 20.2. The van der Waals surface area contributed by atoms with Crippen LogP contribution >= 0.6 is 0 Å². The van der Waals surface area contributed by atoms with E-state index in [1.165, 1.54) is 37.0 Å². The molecule has 0 bridgehead atoms. The van der Waals surface area contributed by atoms with E-state index in [9.17, 15) is 9.59 Å². The second-order valence-corrected chi connectivity index (χ2v) is 6.78. The molecule has 2 amide bonds. The number of rotatable bonds is 4. The van der Waals surface area contributed by atoms with Gasteiger partial charge >= 0.3 is 0 Å². The summed E-state index contributed by atoms with van der Waals surface area (Å²) < 4.78 is 0. The second kappa shape index (κ2) is 11.6. The van der Waals surface area contributed by atoms with Gasteiger partial charge in [0.25, 0.3) is 0 Å². The van der Waals surface area contributed by atoms with E-state index in [2.05, 4.69) is 4.90 Å². The molecule has 0 aliphatic carbocycles. The zero-order chi connectivity index (χ0) is 16.2. The summed E-state index contributed by atoms with van der Waals surface area (Å²) in [5.41, 5.74) is 0. The van der Waals surface area contributed by atoms with Gasteiger partial charge in [-0.1, -0.05) is 44.9 Å². The molecule has 128 valence electrons. The lowest BCUT2D eigenvalue weighted by atomic mass is 10.0. The predicted molar refractivity (Wildman–Crippen MR) is 90.7 cm³/mol. The Labute approximate surface area is 136 Å². The van der Waals surface area contributed by atoms with E-state index in [1.807, 2.05) is 14.1 Å². The molecule has 0 aromatic carbocycles. The first-order valence-corrected chi connectivity index (χ1v) is 9.09. The molecular formula is C18H34N2O2. The lowest BCUT2D eigenvalue weighted by Crippen LogP contribution is -2.38. The van der Waals surface area contributed by atoms with Crippen LogP contribution in [-0.2, 0) is 9.59 Å². The molecule has 1 saturated heterocycles. The highest BCUT2D eigenvalue weighted by molar-refractivity contribution is 5.95. The van der Waals surface area contributed by atoms with E-state index in [0.29, 0.717) is 19.4 Å². The minimum absolute atomic E-state index is 0.0424.